The van der Waals surface area contributed by atoms with E-state index in [-0.39, 0.29) is 12.6 Å². The van der Waals surface area contributed by atoms with Crippen LogP contribution in [0.15, 0.2) is 18.2 Å². The first-order valence-corrected chi connectivity index (χ1v) is 6.33. The molecule has 102 valence electrons. The van der Waals surface area contributed by atoms with Crippen LogP contribution in [0.1, 0.15) is 18.0 Å². The average molecular weight is 297 g/mol. The second-order valence-corrected chi connectivity index (χ2v) is 4.98. The van der Waals surface area contributed by atoms with E-state index >= 15 is 0 Å². The molecule has 0 bridgehead atoms. The number of alkyl halides is 2. The van der Waals surface area contributed by atoms with Crippen molar-refractivity contribution >= 4 is 23.2 Å². The minimum atomic E-state index is -2.33. The van der Waals surface area contributed by atoms with E-state index in [1.165, 1.54) is 0 Å². The minimum Gasteiger partial charge on any atom is -0.324 e. The normalized spacial score (nSPS) is 13.3. The molecule has 1 aromatic carbocycles. The van der Waals surface area contributed by atoms with Crippen molar-refractivity contribution in [2.75, 3.05) is 20.1 Å². The zero-order valence-corrected chi connectivity index (χ0v) is 11.6. The van der Waals surface area contributed by atoms with E-state index < -0.39 is 6.43 Å². The van der Waals surface area contributed by atoms with Crippen molar-refractivity contribution in [2.45, 2.75) is 18.9 Å². The van der Waals surface area contributed by atoms with Gasteiger partial charge in [-0.15, -0.1) is 0 Å². The van der Waals surface area contributed by atoms with E-state index in [0.717, 1.165) is 5.56 Å². The van der Waals surface area contributed by atoms with Gasteiger partial charge in [0.15, 0.2) is 0 Å². The lowest BCUT2D eigenvalue weighted by atomic mass is 10.0. The molecule has 0 spiro atoms. The zero-order chi connectivity index (χ0) is 13.7. The van der Waals surface area contributed by atoms with Gasteiger partial charge in [0.1, 0.15) is 0 Å². The molecule has 0 saturated heterocycles. The van der Waals surface area contributed by atoms with Gasteiger partial charge in [0, 0.05) is 6.04 Å². The summed E-state index contributed by atoms with van der Waals surface area (Å²) in [5.74, 6) is 0. The van der Waals surface area contributed by atoms with Crippen LogP contribution in [-0.4, -0.2) is 31.5 Å². The predicted octanol–water partition coefficient (Wildman–Crippen LogP) is 3.58. The van der Waals surface area contributed by atoms with Crippen LogP contribution in [0.2, 0.25) is 10.0 Å². The van der Waals surface area contributed by atoms with Crippen molar-refractivity contribution in [3.05, 3.63) is 33.8 Å². The van der Waals surface area contributed by atoms with Crippen LogP contribution in [0.4, 0.5) is 8.78 Å². The molecule has 1 atom stereocenters. The molecular weight excluding hydrogens is 281 g/mol. The highest BCUT2D eigenvalue weighted by Crippen LogP contribution is 2.30. The third-order valence-electron chi connectivity index (χ3n) is 2.65. The second kappa shape index (κ2) is 7.24. The Morgan fingerprint density at radius 1 is 1.33 bits per heavy atom. The monoisotopic (exact) mass is 296 g/mol. The summed E-state index contributed by atoms with van der Waals surface area (Å²) >= 11 is 11.9. The van der Waals surface area contributed by atoms with Gasteiger partial charge >= 0.3 is 0 Å². The summed E-state index contributed by atoms with van der Waals surface area (Å²) in [5.41, 5.74) is 6.73. The van der Waals surface area contributed by atoms with Gasteiger partial charge in [0.05, 0.1) is 16.6 Å². The lowest BCUT2D eigenvalue weighted by Crippen LogP contribution is -2.28. The molecule has 0 radical (unpaired) electrons. The highest BCUT2D eigenvalue weighted by Gasteiger charge is 2.14. The number of hydrogen-bond donors (Lipinski definition) is 1. The number of halogens is 4. The number of nitrogens with zero attached hydrogens (tertiary/aromatic N) is 1. The van der Waals surface area contributed by atoms with Crippen LogP contribution in [-0.2, 0) is 0 Å². The summed E-state index contributed by atoms with van der Waals surface area (Å²) < 4.78 is 24.3. The summed E-state index contributed by atoms with van der Waals surface area (Å²) in [5, 5.41) is 0.883. The number of nitrogens with two attached hydrogens (primary N) is 1. The quantitative estimate of drug-likeness (QED) is 0.869. The molecule has 0 aliphatic carbocycles. The molecule has 0 amide bonds. The molecule has 6 heteroatoms. The number of rotatable bonds is 6. The number of benzene rings is 1. The third kappa shape index (κ3) is 4.69. The smallest absolute Gasteiger partial charge is 0.251 e. The van der Waals surface area contributed by atoms with Crippen LogP contribution in [0.5, 0.6) is 0 Å². The lowest BCUT2D eigenvalue weighted by Gasteiger charge is -2.20. The van der Waals surface area contributed by atoms with Gasteiger partial charge in [-0.2, -0.15) is 0 Å². The van der Waals surface area contributed by atoms with Crippen molar-refractivity contribution in [3.63, 3.8) is 0 Å². The highest BCUT2D eigenvalue weighted by atomic mass is 35.5. The van der Waals surface area contributed by atoms with E-state index in [2.05, 4.69) is 0 Å². The van der Waals surface area contributed by atoms with E-state index in [4.69, 9.17) is 28.9 Å². The standard InChI is InChI=1S/C12H16Cl2F2N2/c1-18(7-11(15)16)6-5-10(17)8-3-2-4-9(13)12(8)14/h2-4,10-11H,5-7,17H2,1H3. The molecule has 0 aliphatic heterocycles. The van der Waals surface area contributed by atoms with Crippen molar-refractivity contribution in [2.24, 2.45) is 5.73 Å². The Kier molecular flexibility index (Phi) is 6.29. The summed E-state index contributed by atoms with van der Waals surface area (Å²) in [7, 11) is 1.64. The largest absolute Gasteiger partial charge is 0.324 e. The van der Waals surface area contributed by atoms with Crippen LogP contribution < -0.4 is 5.73 Å². The topological polar surface area (TPSA) is 29.3 Å². The third-order valence-corrected chi connectivity index (χ3v) is 3.49. The second-order valence-electron chi connectivity index (χ2n) is 4.19. The molecule has 0 aromatic heterocycles. The maximum absolute atomic E-state index is 12.1. The molecule has 2 N–H and O–H groups in total. The Balaban J connectivity index is 2.55. The molecular formula is C12H16Cl2F2N2. The Hall–Kier alpha value is -0.420. The van der Waals surface area contributed by atoms with E-state index in [9.17, 15) is 8.78 Å². The van der Waals surface area contributed by atoms with Crippen molar-refractivity contribution in [3.8, 4) is 0 Å². The van der Waals surface area contributed by atoms with Crippen LogP contribution >= 0.6 is 23.2 Å². The molecule has 1 unspecified atom stereocenters. The fraction of sp³-hybridized carbons (Fsp3) is 0.500. The Morgan fingerprint density at radius 3 is 2.61 bits per heavy atom. The van der Waals surface area contributed by atoms with Gasteiger partial charge < -0.3 is 10.6 Å². The molecule has 2 nitrogen and oxygen atoms in total. The minimum absolute atomic E-state index is 0.254. The molecule has 18 heavy (non-hydrogen) atoms. The van der Waals surface area contributed by atoms with Gasteiger partial charge in [0.2, 0.25) is 0 Å². The fourth-order valence-electron chi connectivity index (χ4n) is 1.65. The first-order chi connectivity index (χ1) is 8.41. The van der Waals surface area contributed by atoms with Crippen LogP contribution in [0.3, 0.4) is 0 Å². The van der Waals surface area contributed by atoms with Crippen LogP contribution in [0, 0.1) is 0 Å². The van der Waals surface area contributed by atoms with Gasteiger partial charge in [-0.25, -0.2) is 8.78 Å². The van der Waals surface area contributed by atoms with E-state index in [1.807, 2.05) is 0 Å². The van der Waals surface area contributed by atoms with Crippen molar-refractivity contribution in [1.29, 1.82) is 0 Å². The maximum Gasteiger partial charge on any atom is 0.251 e. The lowest BCUT2D eigenvalue weighted by molar-refractivity contribution is 0.0990. The summed E-state index contributed by atoms with van der Waals surface area (Å²) in [4.78, 5) is 1.54. The van der Waals surface area contributed by atoms with Crippen molar-refractivity contribution < 1.29 is 8.78 Å². The Bertz CT molecular complexity index is 388. The molecule has 0 saturated carbocycles. The van der Waals surface area contributed by atoms with Gasteiger partial charge in [0.25, 0.3) is 6.43 Å². The summed E-state index contributed by atoms with van der Waals surface area (Å²) in [6, 6.07) is 4.94. The first kappa shape index (κ1) is 15.6. The fourth-order valence-corrected chi connectivity index (χ4v) is 2.10. The zero-order valence-electron chi connectivity index (χ0n) is 10.0. The maximum atomic E-state index is 12.1. The van der Waals surface area contributed by atoms with E-state index in [1.54, 1.807) is 30.1 Å². The predicted molar refractivity (Wildman–Crippen MR) is 71.5 cm³/mol. The van der Waals surface area contributed by atoms with Crippen LogP contribution in [0.25, 0.3) is 0 Å². The number of hydrogen-bond acceptors (Lipinski definition) is 2. The highest BCUT2D eigenvalue weighted by molar-refractivity contribution is 6.42. The SMILES string of the molecule is CN(CCC(N)c1cccc(Cl)c1Cl)CC(F)F. The van der Waals surface area contributed by atoms with E-state index in [0.29, 0.717) is 23.0 Å². The summed E-state index contributed by atoms with van der Waals surface area (Å²) in [6.45, 7) is 0.227. The van der Waals surface area contributed by atoms with Crippen molar-refractivity contribution in [1.82, 2.24) is 4.90 Å². The molecule has 1 rings (SSSR count). The molecule has 0 aliphatic rings. The average Bonchev–Trinajstić information content (AvgIpc) is 2.29. The van der Waals surface area contributed by atoms with Gasteiger partial charge in [-0.1, -0.05) is 35.3 Å². The Labute approximate surface area is 116 Å². The molecule has 1 aromatic rings. The Morgan fingerprint density at radius 2 is 2.00 bits per heavy atom. The van der Waals surface area contributed by atoms with Gasteiger partial charge in [-0.05, 0) is 31.6 Å². The van der Waals surface area contributed by atoms with Gasteiger partial charge in [-0.3, -0.25) is 0 Å². The molecule has 0 fully saturated rings. The first-order valence-electron chi connectivity index (χ1n) is 5.58. The summed E-state index contributed by atoms with van der Waals surface area (Å²) in [6.07, 6.45) is -1.79. The molecule has 0 heterocycles.